The van der Waals surface area contributed by atoms with Crippen molar-refractivity contribution in [3.8, 4) is 5.75 Å². The molecule has 0 unspecified atom stereocenters. The first-order chi connectivity index (χ1) is 8.24. The second-order valence-corrected chi connectivity index (χ2v) is 3.84. The van der Waals surface area contributed by atoms with Crippen LogP contribution in [0.4, 0.5) is 5.69 Å². The van der Waals surface area contributed by atoms with Crippen molar-refractivity contribution in [1.29, 1.82) is 0 Å². The molecule has 0 atom stereocenters. The molecule has 0 fully saturated rings. The summed E-state index contributed by atoms with van der Waals surface area (Å²) in [6.45, 7) is 3.39. The van der Waals surface area contributed by atoms with Gasteiger partial charge in [0.25, 0.3) is 0 Å². The van der Waals surface area contributed by atoms with Crippen LogP contribution in [0.5, 0.6) is 5.75 Å². The second kappa shape index (κ2) is 7.54. The predicted molar refractivity (Wildman–Crippen MR) is 69.1 cm³/mol. The molecule has 0 aliphatic carbocycles. The maximum atomic E-state index is 10.6. The molecule has 0 aliphatic rings. The molecule has 4 nitrogen and oxygen atoms in total. The number of benzene rings is 1. The molecule has 1 aromatic rings. The Kier molecular flexibility index (Phi) is 5.93. The molecule has 0 spiro atoms. The zero-order valence-corrected chi connectivity index (χ0v) is 10.2. The monoisotopic (exact) mass is 236 g/mol. The van der Waals surface area contributed by atoms with E-state index < -0.39 is 0 Å². The van der Waals surface area contributed by atoms with E-state index in [1.807, 2.05) is 24.3 Å². The van der Waals surface area contributed by atoms with Crippen molar-refractivity contribution in [3.63, 3.8) is 0 Å². The van der Waals surface area contributed by atoms with Crippen molar-refractivity contribution in [1.82, 2.24) is 0 Å². The minimum atomic E-state index is -0.346. The second-order valence-electron chi connectivity index (χ2n) is 3.84. The Hall–Kier alpha value is -1.71. The quantitative estimate of drug-likeness (QED) is 0.680. The van der Waals surface area contributed by atoms with E-state index in [9.17, 15) is 4.79 Å². The highest BCUT2D eigenvalue weighted by Gasteiger charge is 2.02. The minimum Gasteiger partial charge on any atom is -0.491 e. The number of primary amides is 1. The van der Waals surface area contributed by atoms with Gasteiger partial charge in [0.05, 0.1) is 18.7 Å². The number of nitrogens with one attached hydrogen (secondary N) is 1. The minimum absolute atomic E-state index is 0.239. The van der Waals surface area contributed by atoms with Gasteiger partial charge in [-0.3, -0.25) is 4.79 Å². The Morgan fingerprint density at radius 2 is 2.18 bits per heavy atom. The Morgan fingerprint density at radius 1 is 1.41 bits per heavy atom. The van der Waals surface area contributed by atoms with Crippen molar-refractivity contribution in [2.24, 2.45) is 5.73 Å². The van der Waals surface area contributed by atoms with Gasteiger partial charge in [-0.25, -0.2) is 0 Å². The van der Waals surface area contributed by atoms with E-state index in [2.05, 4.69) is 12.2 Å². The molecule has 1 aromatic carbocycles. The van der Waals surface area contributed by atoms with E-state index in [1.54, 1.807) is 0 Å². The molecule has 94 valence electrons. The molecule has 4 heteroatoms. The fourth-order valence-electron chi connectivity index (χ4n) is 1.40. The number of rotatable bonds is 8. The SMILES string of the molecule is CCCCNc1ccccc1OCCC(N)=O. The zero-order valence-electron chi connectivity index (χ0n) is 10.2. The first-order valence-electron chi connectivity index (χ1n) is 5.98. The van der Waals surface area contributed by atoms with Crippen LogP contribution in [-0.2, 0) is 4.79 Å². The van der Waals surface area contributed by atoms with Crippen molar-refractivity contribution in [2.75, 3.05) is 18.5 Å². The molecule has 17 heavy (non-hydrogen) atoms. The molecule has 3 N–H and O–H groups in total. The topological polar surface area (TPSA) is 64.3 Å². The number of para-hydroxylation sites is 2. The Morgan fingerprint density at radius 3 is 2.88 bits per heavy atom. The number of carbonyl (C=O) groups excluding carboxylic acids is 1. The Bertz CT molecular complexity index is 353. The average molecular weight is 236 g/mol. The van der Waals surface area contributed by atoms with Gasteiger partial charge < -0.3 is 15.8 Å². The first kappa shape index (κ1) is 13.4. The van der Waals surface area contributed by atoms with E-state index in [0.29, 0.717) is 6.61 Å². The summed E-state index contributed by atoms with van der Waals surface area (Å²) in [5.41, 5.74) is 6.02. The average Bonchev–Trinajstić information content (AvgIpc) is 2.31. The Labute approximate surface area is 102 Å². The van der Waals surface area contributed by atoms with Gasteiger partial charge in [0.2, 0.25) is 5.91 Å². The van der Waals surface area contributed by atoms with Crippen molar-refractivity contribution in [2.45, 2.75) is 26.2 Å². The number of hydrogen-bond donors (Lipinski definition) is 2. The number of amides is 1. The third-order valence-electron chi connectivity index (χ3n) is 2.34. The number of anilines is 1. The maximum Gasteiger partial charge on any atom is 0.220 e. The molecule has 0 saturated carbocycles. The molecule has 0 aliphatic heterocycles. The predicted octanol–water partition coefficient (Wildman–Crippen LogP) is 2.15. The van der Waals surface area contributed by atoms with Crippen molar-refractivity contribution >= 4 is 11.6 Å². The van der Waals surface area contributed by atoms with Crippen LogP contribution in [-0.4, -0.2) is 19.1 Å². The van der Waals surface area contributed by atoms with Gasteiger partial charge >= 0.3 is 0 Å². The van der Waals surface area contributed by atoms with Crippen LogP contribution in [0.15, 0.2) is 24.3 Å². The lowest BCUT2D eigenvalue weighted by Gasteiger charge is -2.12. The lowest BCUT2D eigenvalue weighted by molar-refractivity contribution is -0.118. The highest BCUT2D eigenvalue weighted by atomic mass is 16.5. The van der Waals surface area contributed by atoms with Crippen LogP contribution in [0, 0.1) is 0 Å². The standard InChI is InChI=1S/C13H20N2O2/c1-2-3-9-15-11-6-4-5-7-12(11)17-10-8-13(14)16/h4-7,15H,2-3,8-10H2,1H3,(H2,14,16). The van der Waals surface area contributed by atoms with Crippen LogP contribution in [0.3, 0.4) is 0 Å². The van der Waals surface area contributed by atoms with Crippen LogP contribution in [0.25, 0.3) is 0 Å². The van der Waals surface area contributed by atoms with E-state index in [-0.39, 0.29) is 12.3 Å². The van der Waals surface area contributed by atoms with Crippen LogP contribution < -0.4 is 15.8 Å². The molecular formula is C13H20N2O2. The summed E-state index contributed by atoms with van der Waals surface area (Å²) >= 11 is 0. The molecule has 0 bridgehead atoms. The number of unbranched alkanes of at least 4 members (excludes halogenated alkanes) is 1. The van der Waals surface area contributed by atoms with E-state index >= 15 is 0 Å². The van der Waals surface area contributed by atoms with Gasteiger partial charge in [0.1, 0.15) is 5.75 Å². The van der Waals surface area contributed by atoms with Gasteiger partial charge in [-0.1, -0.05) is 25.5 Å². The van der Waals surface area contributed by atoms with Crippen LogP contribution in [0.1, 0.15) is 26.2 Å². The van der Waals surface area contributed by atoms with E-state index in [0.717, 1.165) is 30.8 Å². The molecular weight excluding hydrogens is 216 g/mol. The van der Waals surface area contributed by atoms with Crippen LogP contribution in [0.2, 0.25) is 0 Å². The molecule has 1 amide bonds. The van der Waals surface area contributed by atoms with Gasteiger partial charge in [-0.15, -0.1) is 0 Å². The van der Waals surface area contributed by atoms with Gasteiger partial charge in [-0.2, -0.15) is 0 Å². The highest BCUT2D eigenvalue weighted by molar-refractivity contribution is 5.73. The lowest BCUT2D eigenvalue weighted by Crippen LogP contribution is -2.15. The summed E-state index contributed by atoms with van der Waals surface area (Å²) in [7, 11) is 0. The molecule has 0 aromatic heterocycles. The summed E-state index contributed by atoms with van der Waals surface area (Å²) < 4.78 is 5.52. The third-order valence-corrected chi connectivity index (χ3v) is 2.34. The number of nitrogens with two attached hydrogens (primary N) is 1. The summed E-state index contributed by atoms with van der Waals surface area (Å²) in [4.78, 5) is 10.6. The largest absolute Gasteiger partial charge is 0.491 e. The lowest BCUT2D eigenvalue weighted by atomic mass is 10.2. The van der Waals surface area contributed by atoms with Crippen molar-refractivity contribution in [3.05, 3.63) is 24.3 Å². The first-order valence-corrected chi connectivity index (χ1v) is 5.98. The normalized spacial score (nSPS) is 9.94. The maximum absolute atomic E-state index is 10.6. The third kappa shape index (κ3) is 5.24. The van der Waals surface area contributed by atoms with Gasteiger partial charge in [0.15, 0.2) is 0 Å². The molecule has 0 saturated heterocycles. The molecule has 0 radical (unpaired) electrons. The molecule has 1 rings (SSSR count). The van der Waals surface area contributed by atoms with E-state index in [1.165, 1.54) is 0 Å². The summed E-state index contributed by atoms with van der Waals surface area (Å²) in [5.74, 6) is 0.422. The number of hydrogen-bond acceptors (Lipinski definition) is 3. The van der Waals surface area contributed by atoms with Gasteiger partial charge in [-0.05, 0) is 18.6 Å². The molecule has 0 heterocycles. The summed E-state index contributed by atoms with van der Waals surface area (Å²) in [6.07, 6.45) is 2.51. The number of ether oxygens (including phenoxy) is 1. The highest BCUT2D eigenvalue weighted by Crippen LogP contribution is 2.23. The smallest absolute Gasteiger partial charge is 0.220 e. The number of carbonyl (C=O) groups is 1. The van der Waals surface area contributed by atoms with E-state index in [4.69, 9.17) is 10.5 Å². The van der Waals surface area contributed by atoms with Gasteiger partial charge in [0, 0.05) is 6.54 Å². The summed E-state index contributed by atoms with van der Waals surface area (Å²) in [5, 5.41) is 3.31. The zero-order chi connectivity index (χ0) is 12.5. The van der Waals surface area contributed by atoms with Crippen molar-refractivity contribution < 1.29 is 9.53 Å². The van der Waals surface area contributed by atoms with Crippen LogP contribution >= 0.6 is 0 Å². The fourth-order valence-corrected chi connectivity index (χ4v) is 1.40. The Balaban J connectivity index is 2.48. The fraction of sp³-hybridized carbons (Fsp3) is 0.462. The summed E-state index contributed by atoms with van der Waals surface area (Å²) in [6, 6.07) is 7.71.